The van der Waals surface area contributed by atoms with Crippen molar-refractivity contribution in [2.75, 3.05) is 18.5 Å². The predicted molar refractivity (Wildman–Crippen MR) is 135 cm³/mol. The largest absolute Gasteiger partial charge is 0.483 e. The molecule has 2 aliphatic heterocycles. The van der Waals surface area contributed by atoms with E-state index in [9.17, 15) is 9.59 Å². The second-order valence-corrected chi connectivity index (χ2v) is 9.11. The van der Waals surface area contributed by atoms with Crippen LogP contribution in [0.5, 0.6) is 5.75 Å². The number of hydrogen-bond donors (Lipinski definition) is 1. The van der Waals surface area contributed by atoms with E-state index in [4.69, 9.17) is 32.7 Å². The van der Waals surface area contributed by atoms with E-state index in [0.29, 0.717) is 38.3 Å². The van der Waals surface area contributed by atoms with Crippen molar-refractivity contribution in [3.63, 3.8) is 0 Å². The summed E-state index contributed by atoms with van der Waals surface area (Å²) >= 11 is 13.5. The number of para-hydroxylation sites is 1. The number of nitrogens with one attached hydrogen (secondary N) is 1. The van der Waals surface area contributed by atoms with Gasteiger partial charge in [0.25, 0.3) is 5.91 Å². The number of amidine groups is 1. The van der Waals surface area contributed by atoms with Crippen LogP contribution in [0.3, 0.4) is 0 Å². The van der Waals surface area contributed by atoms with Gasteiger partial charge in [-0.25, -0.2) is 9.79 Å². The monoisotopic (exact) mass is 517 g/mol. The summed E-state index contributed by atoms with van der Waals surface area (Å²) in [7, 11) is 0. The van der Waals surface area contributed by atoms with Gasteiger partial charge in [-0.3, -0.25) is 4.79 Å². The number of fused-ring (bicyclic) bond motifs is 1. The maximum atomic E-state index is 12.9. The zero-order valence-electron chi connectivity index (χ0n) is 18.4. The van der Waals surface area contributed by atoms with Crippen LogP contribution >= 0.6 is 35.0 Å². The molecule has 0 bridgehead atoms. The minimum Gasteiger partial charge on any atom is -0.483 e. The Hall–Kier alpha value is -2.94. The molecule has 1 N–H and O–H groups in total. The van der Waals surface area contributed by atoms with E-state index in [1.807, 2.05) is 28.6 Å². The zero-order valence-corrected chi connectivity index (χ0v) is 20.7. The molecule has 0 fully saturated rings. The third-order valence-corrected chi connectivity index (χ3v) is 6.24. The molecule has 0 unspecified atom stereocenters. The molecule has 0 spiro atoms. The van der Waals surface area contributed by atoms with Crippen molar-refractivity contribution in [3.05, 3.63) is 81.0 Å². The fourth-order valence-electron chi connectivity index (χ4n) is 3.68. The highest BCUT2D eigenvalue weighted by Crippen LogP contribution is 2.43. The Morgan fingerprint density at radius 1 is 1.18 bits per heavy atom. The first-order chi connectivity index (χ1) is 16.4. The predicted octanol–water partition coefficient (Wildman–Crippen LogP) is 5.78. The summed E-state index contributed by atoms with van der Waals surface area (Å²) in [6.45, 7) is 3.54. The lowest BCUT2D eigenvalue weighted by atomic mass is 9.94. The van der Waals surface area contributed by atoms with Crippen molar-refractivity contribution in [2.45, 2.75) is 19.9 Å². The van der Waals surface area contributed by atoms with Crippen LogP contribution in [-0.2, 0) is 14.3 Å². The van der Waals surface area contributed by atoms with Gasteiger partial charge >= 0.3 is 5.97 Å². The SMILES string of the molecule is CCOC(=O)C1=C(C)N=C2SC=CN2[C@@H]1c1ccccc1OCC(=O)Nc1cc(Cl)cc(Cl)c1. The van der Waals surface area contributed by atoms with Gasteiger partial charge in [-0.15, -0.1) is 0 Å². The van der Waals surface area contributed by atoms with Gasteiger partial charge in [0.05, 0.1) is 23.9 Å². The van der Waals surface area contributed by atoms with Gasteiger partial charge in [0.15, 0.2) is 11.8 Å². The number of benzene rings is 2. The lowest BCUT2D eigenvalue weighted by Crippen LogP contribution is -2.34. The molecule has 2 aliphatic rings. The summed E-state index contributed by atoms with van der Waals surface area (Å²) in [6, 6.07) is 11.5. The van der Waals surface area contributed by atoms with Crippen LogP contribution in [-0.4, -0.2) is 35.2 Å². The third kappa shape index (κ3) is 5.24. The second kappa shape index (κ2) is 10.5. The minimum atomic E-state index is -0.510. The molecule has 2 aromatic carbocycles. The average molecular weight is 518 g/mol. The number of allylic oxidation sites excluding steroid dienone is 1. The quantitative estimate of drug-likeness (QED) is 0.469. The summed E-state index contributed by atoms with van der Waals surface area (Å²) in [5.74, 6) is -0.357. The number of hydrogen-bond acceptors (Lipinski definition) is 7. The van der Waals surface area contributed by atoms with Crippen LogP contribution in [0, 0.1) is 0 Å². The first-order valence-corrected chi connectivity index (χ1v) is 12.1. The fraction of sp³-hybridized carbons (Fsp3) is 0.208. The molecule has 0 saturated heterocycles. The lowest BCUT2D eigenvalue weighted by molar-refractivity contribution is -0.139. The third-order valence-electron chi connectivity index (χ3n) is 5.03. The zero-order chi connectivity index (χ0) is 24.2. The Bertz CT molecular complexity index is 1210. The fourth-order valence-corrected chi connectivity index (χ4v) is 5.00. The molecular weight excluding hydrogens is 497 g/mol. The maximum Gasteiger partial charge on any atom is 0.338 e. The van der Waals surface area contributed by atoms with Crippen molar-refractivity contribution >= 4 is 57.7 Å². The molecule has 10 heteroatoms. The van der Waals surface area contributed by atoms with Gasteiger partial charge in [-0.2, -0.15) is 0 Å². The van der Waals surface area contributed by atoms with E-state index in [1.165, 1.54) is 11.8 Å². The van der Waals surface area contributed by atoms with Gasteiger partial charge in [0.1, 0.15) is 5.75 Å². The molecule has 2 aromatic rings. The van der Waals surface area contributed by atoms with E-state index >= 15 is 0 Å². The maximum absolute atomic E-state index is 12.9. The summed E-state index contributed by atoms with van der Waals surface area (Å²) in [6.07, 6.45) is 1.87. The van der Waals surface area contributed by atoms with Crippen molar-refractivity contribution in [2.24, 2.45) is 4.99 Å². The Labute approximate surface area is 211 Å². The van der Waals surface area contributed by atoms with Gasteiger partial charge in [0, 0.05) is 27.5 Å². The Morgan fingerprint density at radius 2 is 1.91 bits per heavy atom. The number of amides is 1. The van der Waals surface area contributed by atoms with Crippen LogP contribution in [0.1, 0.15) is 25.5 Å². The molecule has 34 heavy (non-hydrogen) atoms. The van der Waals surface area contributed by atoms with Crippen molar-refractivity contribution in [3.8, 4) is 5.75 Å². The smallest absolute Gasteiger partial charge is 0.338 e. The normalized spacial score (nSPS) is 16.8. The van der Waals surface area contributed by atoms with Gasteiger partial charge < -0.3 is 19.7 Å². The number of nitrogens with zero attached hydrogens (tertiary/aromatic N) is 2. The topological polar surface area (TPSA) is 80.2 Å². The molecule has 176 valence electrons. The summed E-state index contributed by atoms with van der Waals surface area (Å²) < 4.78 is 11.2. The molecule has 4 rings (SSSR count). The van der Waals surface area contributed by atoms with Crippen molar-refractivity contribution in [1.82, 2.24) is 4.90 Å². The van der Waals surface area contributed by atoms with Crippen LogP contribution in [0.2, 0.25) is 10.0 Å². The molecule has 0 saturated carbocycles. The molecule has 0 aromatic heterocycles. The summed E-state index contributed by atoms with van der Waals surface area (Å²) in [4.78, 5) is 31.9. The van der Waals surface area contributed by atoms with E-state index in [-0.39, 0.29) is 19.1 Å². The molecule has 1 atom stereocenters. The number of esters is 1. The van der Waals surface area contributed by atoms with Crippen molar-refractivity contribution < 1.29 is 19.1 Å². The van der Waals surface area contributed by atoms with Crippen LogP contribution in [0.15, 0.2) is 70.3 Å². The number of carbonyl (C=O) groups is 2. The van der Waals surface area contributed by atoms with Gasteiger partial charge in [-0.1, -0.05) is 53.2 Å². The van der Waals surface area contributed by atoms with Crippen LogP contribution in [0.4, 0.5) is 5.69 Å². The van der Waals surface area contributed by atoms with E-state index in [0.717, 1.165) is 5.17 Å². The van der Waals surface area contributed by atoms with Crippen LogP contribution < -0.4 is 10.1 Å². The highest BCUT2D eigenvalue weighted by molar-refractivity contribution is 8.16. The molecule has 2 heterocycles. The lowest BCUT2D eigenvalue weighted by Gasteiger charge is -2.34. The van der Waals surface area contributed by atoms with Gasteiger partial charge in [-0.05, 0) is 43.5 Å². The number of rotatable bonds is 7. The highest BCUT2D eigenvalue weighted by Gasteiger charge is 2.38. The number of aliphatic imine (C=N–C) groups is 1. The average Bonchev–Trinajstić information content (AvgIpc) is 3.24. The van der Waals surface area contributed by atoms with Crippen molar-refractivity contribution in [1.29, 1.82) is 0 Å². The number of carbonyl (C=O) groups excluding carboxylic acids is 2. The number of anilines is 1. The highest BCUT2D eigenvalue weighted by atomic mass is 35.5. The summed E-state index contributed by atoms with van der Waals surface area (Å²) in [5, 5.41) is 6.20. The number of ether oxygens (including phenoxy) is 2. The second-order valence-electron chi connectivity index (χ2n) is 7.36. The molecule has 7 nitrogen and oxygen atoms in total. The Kier molecular flexibility index (Phi) is 7.50. The Balaban J connectivity index is 1.59. The van der Waals surface area contributed by atoms with E-state index < -0.39 is 12.0 Å². The Morgan fingerprint density at radius 3 is 2.65 bits per heavy atom. The molecule has 0 radical (unpaired) electrons. The van der Waals surface area contributed by atoms with Crippen LogP contribution in [0.25, 0.3) is 0 Å². The van der Waals surface area contributed by atoms with Gasteiger partial charge in [0.2, 0.25) is 0 Å². The molecule has 1 amide bonds. The first-order valence-electron chi connectivity index (χ1n) is 10.4. The molecule has 0 aliphatic carbocycles. The van der Waals surface area contributed by atoms with E-state index in [1.54, 1.807) is 44.2 Å². The number of halogens is 2. The minimum absolute atomic E-state index is 0.245. The standard InChI is InChI=1S/C24H21Cl2N3O4S/c1-3-32-23(31)21-14(2)27-24-29(8-9-34-24)22(21)18-6-4-5-7-19(18)33-13-20(30)28-17-11-15(25)10-16(26)12-17/h4-12,22H,3,13H2,1-2H3,(H,28,30)/t22-/m1/s1. The first kappa shape index (κ1) is 24.2. The van der Waals surface area contributed by atoms with E-state index in [2.05, 4.69) is 10.3 Å². The molecular formula is C24H21Cl2N3O4S. The summed E-state index contributed by atoms with van der Waals surface area (Å²) in [5.41, 5.74) is 2.18. The number of thioether (sulfide) groups is 1.